The second-order valence-corrected chi connectivity index (χ2v) is 7.91. The fourth-order valence-electron chi connectivity index (χ4n) is 3.71. The number of fused-ring (bicyclic) bond motifs is 1. The van der Waals surface area contributed by atoms with Gasteiger partial charge in [-0.2, -0.15) is 5.10 Å². The third-order valence-corrected chi connectivity index (χ3v) is 5.07. The van der Waals surface area contributed by atoms with E-state index < -0.39 is 0 Å². The van der Waals surface area contributed by atoms with Gasteiger partial charge in [0.15, 0.2) is 5.65 Å². The highest BCUT2D eigenvalue weighted by Crippen LogP contribution is 2.17. The molecule has 4 rings (SSSR count). The van der Waals surface area contributed by atoms with Gasteiger partial charge in [-0.1, -0.05) is 18.2 Å². The fourth-order valence-corrected chi connectivity index (χ4v) is 3.71. The van der Waals surface area contributed by atoms with Gasteiger partial charge in [0.1, 0.15) is 0 Å². The van der Waals surface area contributed by atoms with E-state index in [2.05, 4.69) is 63.3 Å². The van der Waals surface area contributed by atoms with E-state index >= 15 is 0 Å². The molecule has 0 radical (unpaired) electrons. The van der Waals surface area contributed by atoms with Gasteiger partial charge in [0, 0.05) is 62.4 Å². The van der Waals surface area contributed by atoms with E-state index in [9.17, 15) is 4.79 Å². The first-order valence-corrected chi connectivity index (χ1v) is 9.64. The zero-order chi connectivity index (χ0) is 19.6. The maximum Gasteiger partial charge on any atom is 0.254 e. The molecule has 0 saturated carbocycles. The molecular weight excluding hydrogens is 352 g/mol. The van der Waals surface area contributed by atoms with E-state index in [0.29, 0.717) is 5.56 Å². The predicted molar refractivity (Wildman–Crippen MR) is 110 cm³/mol. The zero-order valence-electron chi connectivity index (χ0n) is 16.4. The molecule has 146 valence electrons. The topological polar surface area (TPSA) is 65.8 Å². The Morgan fingerprint density at radius 1 is 1.11 bits per heavy atom. The number of hydrogen-bond acceptors (Lipinski definition) is 5. The molecule has 28 heavy (non-hydrogen) atoms. The van der Waals surface area contributed by atoms with Gasteiger partial charge in [-0.3, -0.25) is 9.69 Å². The molecule has 7 heteroatoms. The van der Waals surface area contributed by atoms with Gasteiger partial charge in [-0.25, -0.2) is 9.50 Å². The standard InChI is InChI=1S/C21H26N6O/c1-21(2,24-20(28)17-14-22-19-8-9-23-27(19)15-17)16-25-10-12-26(13-11-25)18-6-4-3-5-7-18/h3-9,14-15H,10-13,16H2,1-2H3,(H,24,28). The van der Waals surface area contributed by atoms with E-state index in [-0.39, 0.29) is 11.4 Å². The van der Waals surface area contributed by atoms with Crippen molar-refractivity contribution >= 4 is 17.2 Å². The third kappa shape index (κ3) is 4.14. The summed E-state index contributed by atoms with van der Waals surface area (Å²) in [6.45, 7) is 8.88. The minimum absolute atomic E-state index is 0.127. The molecule has 1 aliphatic rings. The lowest BCUT2D eigenvalue weighted by Gasteiger charge is -2.40. The summed E-state index contributed by atoms with van der Waals surface area (Å²) in [6.07, 6.45) is 4.98. The molecule has 0 atom stereocenters. The van der Waals surface area contributed by atoms with E-state index in [1.54, 1.807) is 29.2 Å². The number of anilines is 1. The van der Waals surface area contributed by atoms with Crippen LogP contribution >= 0.6 is 0 Å². The minimum atomic E-state index is -0.342. The van der Waals surface area contributed by atoms with Crippen molar-refractivity contribution in [1.82, 2.24) is 24.8 Å². The van der Waals surface area contributed by atoms with Gasteiger partial charge >= 0.3 is 0 Å². The predicted octanol–water partition coefficient (Wildman–Crippen LogP) is 2.06. The Morgan fingerprint density at radius 2 is 1.86 bits per heavy atom. The number of carbonyl (C=O) groups excluding carboxylic acids is 1. The van der Waals surface area contributed by atoms with Crippen molar-refractivity contribution in [3.05, 3.63) is 60.6 Å². The highest BCUT2D eigenvalue weighted by atomic mass is 16.1. The molecule has 0 bridgehead atoms. The minimum Gasteiger partial charge on any atom is -0.369 e. The lowest BCUT2D eigenvalue weighted by molar-refractivity contribution is 0.0883. The van der Waals surface area contributed by atoms with Gasteiger partial charge in [0.25, 0.3) is 5.91 Å². The van der Waals surface area contributed by atoms with Crippen LogP contribution in [0.4, 0.5) is 5.69 Å². The smallest absolute Gasteiger partial charge is 0.254 e. The van der Waals surface area contributed by atoms with Crippen molar-refractivity contribution in [1.29, 1.82) is 0 Å². The average molecular weight is 378 g/mol. The van der Waals surface area contributed by atoms with Crippen molar-refractivity contribution in [3.8, 4) is 0 Å². The summed E-state index contributed by atoms with van der Waals surface area (Å²) in [5.41, 5.74) is 2.17. The lowest BCUT2D eigenvalue weighted by Crippen LogP contribution is -2.56. The van der Waals surface area contributed by atoms with Crippen LogP contribution in [0, 0.1) is 0 Å². The Morgan fingerprint density at radius 3 is 2.61 bits per heavy atom. The number of benzene rings is 1. The van der Waals surface area contributed by atoms with Gasteiger partial charge in [0.05, 0.1) is 11.8 Å². The molecule has 1 saturated heterocycles. The summed E-state index contributed by atoms with van der Waals surface area (Å²) >= 11 is 0. The van der Waals surface area contributed by atoms with Gasteiger partial charge in [-0.15, -0.1) is 0 Å². The highest BCUT2D eigenvalue weighted by Gasteiger charge is 2.27. The second kappa shape index (κ2) is 7.59. The summed E-state index contributed by atoms with van der Waals surface area (Å²) in [7, 11) is 0. The van der Waals surface area contributed by atoms with Crippen molar-refractivity contribution < 1.29 is 4.79 Å². The van der Waals surface area contributed by atoms with Crippen molar-refractivity contribution in [2.45, 2.75) is 19.4 Å². The largest absolute Gasteiger partial charge is 0.369 e. The number of nitrogens with one attached hydrogen (secondary N) is 1. The Hall–Kier alpha value is -2.93. The number of aromatic nitrogens is 3. The molecular formula is C21H26N6O. The Balaban J connectivity index is 1.33. The SMILES string of the molecule is CC(C)(CN1CCN(c2ccccc2)CC1)NC(=O)c1cnc2ccnn2c1. The van der Waals surface area contributed by atoms with E-state index in [1.165, 1.54) is 5.69 Å². The molecule has 1 aliphatic heterocycles. The fraction of sp³-hybridized carbons (Fsp3) is 0.381. The number of piperazine rings is 1. The molecule has 0 aliphatic carbocycles. The van der Waals surface area contributed by atoms with Gasteiger partial charge < -0.3 is 10.2 Å². The summed E-state index contributed by atoms with van der Waals surface area (Å²) in [5, 5.41) is 7.29. The highest BCUT2D eigenvalue weighted by molar-refractivity contribution is 5.94. The number of rotatable bonds is 5. The van der Waals surface area contributed by atoms with Crippen LogP contribution in [0.15, 0.2) is 55.0 Å². The first-order valence-electron chi connectivity index (χ1n) is 9.64. The van der Waals surface area contributed by atoms with Gasteiger partial charge in [0.2, 0.25) is 0 Å². The molecule has 7 nitrogen and oxygen atoms in total. The first kappa shape index (κ1) is 18.4. The maximum absolute atomic E-state index is 12.7. The zero-order valence-corrected chi connectivity index (χ0v) is 16.4. The summed E-state index contributed by atoms with van der Waals surface area (Å²) in [6, 6.07) is 12.3. The Labute approximate surface area is 165 Å². The number of para-hydroxylation sites is 1. The van der Waals surface area contributed by atoms with Gasteiger partial charge in [-0.05, 0) is 26.0 Å². The van der Waals surface area contributed by atoms with Crippen LogP contribution in [-0.4, -0.2) is 63.7 Å². The van der Waals surface area contributed by atoms with Crippen LogP contribution in [0.1, 0.15) is 24.2 Å². The molecule has 0 spiro atoms. The molecule has 3 aromatic rings. The Kier molecular flexibility index (Phi) is 5.00. The first-order chi connectivity index (χ1) is 13.5. The molecule has 1 aromatic carbocycles. The molecule has 1 fully saturated rings. The molecule has 1 amide bonds. The van der Waals surface area contributed by atoms with Crippen molar-refractivity contribution in [2.24, 2.45) is 0 Å². The third-order valence-electron chi connectivity index (χ3n) is 5.07. The normalized spacial score (nSPS) is 15.7. The summed E-state index contributed by atoms with van der Waals surface area (Å²) < 4.78 is 1.62. The number of amides is 1. The molecule has 2 aromatic heterocycles. The summed E-state index contributed by atoms with van der Waals surface area (Å²) in [5.74, 6) is -0.127. The van der Waals surface area contributed by atoms with Crippen LogP contribution in [0.5, 0.6) is 0 Å². The number of nitrogens with zero attached hydrogens (tertiary/aromatic N) is 5. The van der Waals surface area contributed by atoms with Crippen LogP contribution < -0.4 is 10.2 Å². The van der Waals surface area contributed by atoms with Crippen molar-refractivity contribution in [3.63, 3.8) is 0 Å². The molecule has 1 N–H and O–H groups in total. The van der Waals surface area contributed by atoms with Crippen LogP contribution in [0.3, 0.4) is 0 Å². The van der Waals surface area contributed by atoms with E-state index in [4.69, 9.17) is 0 Å². The second-order valence-electron chi connectivity index (χ2n) is 7.91. The summed E-state index contributed by atoms with van der Waals surface area (Å²) in [4.78, 5) is 21.8. The van der Waals surface area contributed by atoms with E-state index in [0.717, 1.165) is 38.4 Å². The van der Waals surface area contributed by atoms with Crippen LogP contribution in [0.2, 0.25) is 0 Å². The van der Waals surface area contributed by atoms with Crippen molar-refractivity contribution in [2.75, 3.05) is 37.6 Å². The van der Waals surface area contributed by atoms with E-state index in [1.807, 2.05) is 6.07 Å². The lowest BCUT2D eigenvalue weighted by atomic mass is 10.0. The monoisotopic (exact) mass is 378 g/mol. The molecule has 0 unspecified atom stereocenters. The quantitative estimate of drug-likeness (QED) is 0.736. The number of hydrogen-bond donors (Lipinski definition) is 1. The molecule has 3 heterocycles. The van der Waals surface area contributed by atoms with Crippen LogP contribution in [-0.2, 0) is 0 Å². The maximum atomic E-state index is 12.7. The average Bonchev–Trinajstić information content (AvgIpc) is 3.16. The van der Waals surface area contributed by atoms with Crippen LogP contribution in [0.25, 0.3) is 5.65 Å². The Bertz CT molecular complexity index is 944. The number of carbonyl (C=O) groups is 1.